The van der Waals surface area contributed by atoms with E-state index in [0.29, 0.717) is 0 Å². The molecule has 0 aliphatic heterocycles. The minimum Gasteiger partial charge on any atom is -0.374 e. The van der Waals surface area contributed by atoms with E-state index >= 15 is 0 Å². The zero-order valence-electron chi connectivity index (χ0n) is 4.06. The number of hydrogen-bond donors (Lipinski definition) is 0. The highest BCUT2D eigenvalue weighted by atomic mass is 28.1. The van der Waals surface area contributed by atoms with Gasteiger partial charge in [0.25, 0.3) is 0 Å². The van der Waals surface area contributed by atoms with E-state index in [1.54, 1.807) is 7.11 Å². The quantitative estimate of drug-likeness (QED) is 0.302. The SMILES string of the molecule is C#CC([SiH3])OC. The number of hydrogen-bond acceptors (Lipinski definition) is 1. The van der Waals surface area contributed by atoms with Gasteiger partial charge in [0, 0.05) is 7.11 Å². The van der Waals surface area contributed by atoms with Gasteiger partial charge in [0.1, 0.15) is 0 Å². The predicted octanol–water partition coefficient (Wildman–Crippen LogP) is -1.04. The van der Waals surface area contributed by atoms with Crippen molar-refractivity contribution in [3.63, 3.8) is 0 Å². The van der Waals surface area contributed by atoms with Crippen LogP contribution in [0.1, 0.15) is 0 Å². The second kappa shape index (κ2) is 2.95. The Morgan fingerprint density at radius 2 is 2.50 bits per heavy atom. The van der Waals surface area contributed by atoms with E-state index in [4.69, 9.17) is 11.2 Å². The largest absolute Gasteiger partial charge is 0.374 e. The fourth-order valence-electron chi connectivity index (χ4n) is 0.0680. The Hall–Kier alpha value is -0.263. The Morgan fingerprint density at radius 1 is 2.00 bits per heavy atom. The molecule has 0 radical (unpaired) electrons. The van der Waals surface area contributed by atoms with Gasteiger partial charge in [-0.05, 0) is 0 Å². The lowest BCUT2D eigenvalue weighted by molar-refractivity contribution is 0.208. The molecule has 0 saturated carbocycles. The van der Waals surface area contributed by atoms with E-state index in [1.807, 2.05) is 0 Å². The molecule has 0 spiro atoms. The first-order chi connectivity index (χ1) is 2.81. The highest BCUT2D eigenvalue weighted by molar-refractivity contribution is 6.12. The third kappa shape index (κ3) is 2.00. The fourth-order valence-corrected chi connectivity index (χ4v) is 0.0680. The van der Waals surface area contributed by atoms with Gasteiger partial charge >= 0.3 is 0 Å². The van der Waals surface area contributed by atoms with E-state index in [1.165, 1.54) is 0 Å². The van der Waals surface area contributed by atoms with Crippen LogP contribution in [0.5, 0.6) is 0 Å². The third-order valence-electron chi connectivity index (χ3n) is 0.588. The number of rotatable bonds is 1. The molecule has 0 heterocycles. The van der Waals surface area contributed by atoms with Crippen LogP contribution in [0.2, 0.25) is 0 Å². The molecule has 0 N–H and O–H groups in total. The van der Waals surface area contributed by atoms with Crippen LogP contribution in [-0.4, -0.2) is 23.1 Å². The molecular formula is C4H8OSi. The number of ether oxygens (including phenoxy) is 1. The molecule has 1 atom stereocenters. The molecule has 0 saturated heterocycles. The standard InChI is InChI=1S/C4H8OSi/c1-3-4(6)5-2/h1,4H,2,6H3. The van der Waals surface area contributed by atoms with Crippen molar-refractivity contribution in [2.45, 2.75) is 5.73 Å². The third-order valence-corrected chi connectivity index (χ3v) is 1.39. The average Bonchev–Trinajstić information content (AvgIpc) is 1.65. The lowest BCUT2D eigenvalue weighted by atomic mass is 10.7. The van der Waals surface area contributed by atoms with Crippen molar-refractivity contribution in [3.8, 4) is 12.3 Å². The summed E-state index contributed by atoms with van der Waals surface area (Å²) in [6.45, 7) is 0. The Labute approximate surface area is 41.1 Å². The summed E-state index contributed by atoms with van der Waals surface area (Å²) in [5, 5.41) is 0. The summed E-state index contributed by atoms with van der Waals surface area (Å²) < 4.78 is 4.72. The normalized spacial score (nSPS) is 13.3. The van der Waals surface area contributed by atoms with Crippen molar-refractivity contribution < 1.29 is 4.74 Å². The Bertz CT molecular complexity index is 64.4. The molecule has 2 heteroatoms. The first-order valence-corrected chi connectivity index (χ1v) is 2.95. The van der Waals surface area contributed by atoms with Crippen molar-refractivity contribution in [1.29, 1.82) is 0 Å². The van der Waals surface area contributed by atoms with Gasteiger partial charge < -0.3 is 4.74 Å². The van der Waals surface area contributed by atoms with Crippen molar-refractivity contribution in [2.24, 2.45) is 0 Å². The maximum atomic E-state index is 4.94. The van der Waals surface area contributed by atoms with Gasteiger partial charge in [0.15, 0.2) is 0 Å². The molecular weight excluding hydrogens is 92.1 g/mol. The zero-order valence-corrected chi connectivity index (χ0v) is 6.06. The molecule has 34 valence electrons. The van der Waals surface area contributed by atoms with Gasteiger partial charge in [-0.3, -0.25) is 0 Å². The van der Waals surface area contributed by atoms with Gasteiger partial charge in [0.05, 0.1) is 16.0 Å². The molecule has 0 aromatic carbocycles. The average molecular weight is 100 g/mol. The van der Waals surface area contributed by atoms with Crippen molar-refractivity contribution in [1.82, 2.24) is 0 Å². The summed E-state index contributed by atoms with van der Waals surface area (Å²) in [5.41, 5.74) is 0.102. The topological polar surface area (TPSA) is 9.23 Å². The Morgan fingerprint density at radius 3 is 2.50 bits per heavy atom. The van der Waals surface area contributed by atoms with Crippen LogP contribution >= 0.6 is 0 Å². The Balaban J connectivity index is 3.04. The van der Waals surface area contributed by atoms with Crippen LogP contribution in [0.3, 0.4) is 0 Å². The van der Waals surface area contributed by atoms with Crippen molar-refractivity contribution >= 4 is 10.2 Å². The minimum absolute atomic E-state index is 0.102. The van der Waals surface area contributed by atoms with Gasteiger partial charge in [-0.2, -0.15) is 0 Å². The van der Waals surface area contributed by atoms with Crippen LogP contribution < -0.4 is 0 Å². The van der Waals surface area contributed by atoms with Gasteiger partial charge in [0.2, 0.25) is 0 Å². The van der Waals surface area contributed by atoms with E-state index in [9.17, 15) is 0 Å². The summed E-state index contributed by atoms with van der Waals surface area (Å²) in [7, 11) is 2.55. The molecule has 0 rings (SSSR count). The summed E-state index contributed by atoms with van der Waals surface area (Å²) in [6, 6.07) is 0. The van der Waals surface area contributed by atoms with Gasteiger partial charge in [-0.25, -0.2) is 0 Å². The molecule has 6 heavy (non-hydrogen) atoms. The summed E-state index contributed by atoms with van der Waals surface area (Å²) in [5.74, 6) is 2.45. The maximum Gasteiger partial charge on any atom is 0.0952 e. The first kappa shape index (κ1) is 5.74. The molecule has 1 unspecified atom stereocenters. The van der Waals surface area contributed by atoms with E-state index < -0.39 is 0 Å². The lowest BCUT2D eigenvalue weighted by Gasteiger charge is -1.94. The molecule has 0 aromatic rings. The minimum atomic E-state index is 0.102. The second-order valence-corrected chi connectivity index (χ2v) is 2.09. The van der Waals surface area contributed by atoms with Crippen LogP contribution in [0, 0.1) is 12.3 Å². The Kier molecular flexibility index (Phi) is 2.82. The molecule has 0 bridgehead atoms. The van der Waals surface area contributed by atoms with Crippen LogP contribution in [0.4, 0.5) is 0 Å². The van der Waals surface area contributed by atoms with Crippen LogP contribution in [0.15, 0.2) is 0 Å². The molecule has 0 aromatic heterocycles. The van der Waals surface area contributed by atoms with Gasteiger partial charge in [-0.15, -0.1) is 6.42 Å². The van der Waals surface area contributed by atoms with E-state index in [2.05, 4.69) is 5.92 Å². The smallest absolute Gasteiger partial charge is 0.0952 e. The molecule has 1 nitrogen and oxygen atoms in total. The van der Waals surface area contributed by atoms with Crippen molar-refractivity contribution in [2.75, 3.05) is 7.11 Å². The highest BCUT2D eigenvalue weighted by Gasteiger charge is 1.84. The second-order valence-electron chi connectivity index (χ2n) is 1.04. The summed E-state index contributed by atoms with van der Waals surface area (Å²) in [4.78, 5) is 0. The maximum absolute atomic E-state index is 4.94. The fraction of sp³-hybridized carbons (Fsp3) is 0.500. The number of methoxy groups -OCH3 is 1. The monoisotopic (exact) mass is 100 g/mol. The van der Waals surface area contributed by atoms with E-state index in [0.717, 1.165) is 10.2 Å². The summed E-state index contributed by atoms with van der Waals surface area (Å²) in [6.07, 6.45) is 4.94. The van der Waals surface area contributed by atoms with Gasteiger partial charge in [-0.1, -0.05) is 5.92 Å². The molecule has 0 amide bonds. The van der Waals surface area contributed by atoms with Crippen LogP contribution in [-0.2, 0) is 4.74 Å². The van der Waals surface area contributed by atoms with Crippen LogP contribution in [0.25, 0.3) is 0 Å². The molecule has 0 aliphatic rings. The number of terminal acetylenes is 1. The molecule has 0 aliphatic carbocycles. The highest BCUT2D eigenvalue weighted by Crippen LogP contribution is 1.72. The summed E-state index contributed by atoms with van der Waals surface area (Å²) >= 11 is 0. The predicted molar refractivity (Wildman–Crippen MR) is 29.6 cm³/mol. The molecule has 0 fully saturated rings. The van der Waals surface area contributed by atoms with Crippen molar-refractivity contribution in [3.05, 3.63) is 0 Å². The lowest BCUT2D eigenvalue weighted by Crippen LogP contribution is -2.04. The zero-order chi connectivity index (χ0) is 4.99. The first-order valence-electron chi connectivity index (χ1n) is 1.80. The van der Waals surface area contributed by atoms with E-state index in [-0.39, 0.29) is 5.73 Å².